The van der Waals surface area contributed by atoms with Gasteiger partial charge in [0.1, 0.15) is 6.04 Å². The zero-order valence-corrected chi connectivity index (χ0v) is 11.9. The molecule has 0 radical (unpaired) electrons. The summed E-state index contributed by atoms with van der Waals surface area (Å²) in [6, 6.07) is 7.89. The Kier molecular flexibility index (Phi) is 3.92. The molecule has 2 fully saturated rings. The van der Waals surface area contributed by atoms with Crippen LogP contribution in [-0.2, 0) is 16.1 Å². The predicted octanol–water partition coefficient (Wildman–Crippen LogP) is 1.34. The highest BCUT2D eigenvalue weighted by molar-refractivity contribution is 5.86. The molecule has 112 valence electrons. The standard InChI is InChI=1S/C16H20N2O3/c19-15(20)9-14-16(21)17-6-7-18(14)10-11-2-1-3-13(8-11)12-4-5-12/h1-3,8,12,14H,4-7,9-10H2,(H,17,21)(H,19,20). The number of benzene rings is 1. The highest BCUT2D eigenvalue weighted by Gasteiger charge is 2.31. The van der Waals surface area contributed by atoms with Gasteiger partial charge < -0.3 is 10.4 Å². The van der Waals surface area contributed by atoms with Crippen molar-refractivity contribution in [1.82, 2.24) is 10.2 Å². The van der Waals surface area contributed by atoms with Crippen molar-refractivity contribution >= 4 is 11.9 Å². The molecule has 1 aromatic rings. The van der Waals surface area contributed by atoms with E-state index < -0.39 is 12.0 Å². The average molecular weight is 288 g/mol. The predicted molar refractivity (Wildman–Crippen MR) is 77.9 cm³/mol. The van der Waals surface area contributed by atoms with E-state index in [0.29, 0.717) is 25.6 Å². The Hall–Kier alpha value is -1.88. The SMILES string of the molecule is O=C(O)CC1C(=O)NCCN1Cc1cccc(C2CC2)c1. The van der Waals surface area contributed by atoms with Gasteiger partial charge in [-0.3, -0.25) is 14.5 Å². The summed E-state index contributed by atoms with van der Waals surface area (Å²) in [7, 11) is 0. The zero-order valence-electron chi connectivity index (χ0n) is 11.9. The summed E-state index contributed by atoms with van der Waals surface area (Å²) in [4.78, 5) is 24.8. The molecule has 1 aliphatic heterocycles. The average Bonchev–Trinajstić information content (AvgIpc) is 3.27. The highest BCUT2D eigenvalue weighted by Crippen LogP contribution is 2.40. The van der Waals surface area contributed by atoms with Gasteiger partial charge in [0.15, 0.2) is 0 Å². The normalized spacial score (nSPS) is 22.9. The molecule has 1 saturated carbocycles. The lowest BCUT2D eigenvalue weighted by atomic mass is 10.0. The minimum atomic E-state index is -0.936. The van der Waals surface area contributed by atoms with Crippen molar-refractivity contribution in [3.8, 4) is 0 Å². The topological polar surface area (TPSA) is 69.6 Å². The van der Waals surface area contributed by atoms with Crippen LogP contribution in [0.1, 0.15) is 36.3 Å². The first-order chi connectivity index (χ1) is 10.1. The van der Waals surface area contributed by atoms with Crippen LogP contribution < -0.4 is 5.32 Å². The second kappa shape index (κ2) is 5.85. The number of piperazine rings is 1. The van der Waals surface area contributed by atoms with Crippen LogP contribution in [0.2, 0.25) is 0 Å². The number of rotatable bonds is 5. The smallest absolute Gasteiger partial charge is 0.305 e. The Morgan fingerprint density at radius 2 is 2.19 bits per heavy atom. The van der Waals surface area contributed by atoms with E-state index in [-0.39, 0.29) is 12.3 Å². The zero-order chi connectivity index (χ0) is 14.8. The van der Waals surface area contributed by atoms with Gasteiger partial charge in [0.05, 0.1) is 6.42 Å². The van der Waals surface area contributed by atoms with E-state index in [4.69, 9.17) is 5.11 Å². The van der Waals surface area contributed by atoms with Gasteiger partial charge >= 0.3 is 5.97 Å². The van der Waals surface area contributed by atoms with Gasteiger partial charge in [0, 0.05) is 19.6 Å². The second-order valence-corrected chi connectivity index (χ2v) is 5.89. The Balaban J connectivity index is 1.73. The summed E-state index contributed by atoms with van der Waals surface area (Å²) < 4.78 is 0. The van der Waals surface area contributed by atoms with Crippen LogP contribution in [0.25, 0.3) is 0 Å². The van der Waals surface area contributed by atoms with E-state index in [2.05, 4.69) is 29.6 Å². The molecular weight excluding hydrogens is 268 g/mol. The molecule has 0 spiro atoms. The van der Waals surface area contributed by atoms with Crippen molar-refractivity contribution in [3.05, 3.63) is 35.4 Å². The van der Waals surface area contributed by atoms with Gasteiger partial charge in [-0.15, -0.1) is 0 Å². The summed E-state index contributed by atoms with van der Waals surface area (Å²) in [6.07, 6.45) is 2.38. The maximum absolute atomic E-state index is 11.9. The molecule has 1 atom stereocenters. The maximum atomic E-state index is 11.9. The van der Waals surface area contributed by atoms with Gasteiger partial charge in [-0.2, -0.15) is 0 Å². The van der Waals surface area contributed by atoms with Crippen LogP contribution in [0.15, 0.2) is 24.3 Å². The number of hydrogen-bond donors (Lipinski definition) is 2. The number of amides is 1. The van der Waals surface area contributed by atoms with E-state index in [1.54, 1.807) is 0 Å². The van der Waals surface area contributed by atoms with Crippen molar-refractivity contribution < 1.29 is 14.7 Å². The number of hydrogen-bond acceptors (Lipinski definition) is 3. The molecule has 5 nitrogen and oxygen atoms in total. The van der Waals surface area contributed by atoms with E-state index in [0.717, 1.165) is 5.56 Å². The molecule has 2 N–H and O–H groups in total. The Morgan fingerprint density at radius 1 is 1.38 bits per heavy atom. The highest BCUT2D eigenvalue weighted by atomic mass is 16.4. The molecule has 1 aliphatic carbocycles. The summed E-state index contributed by atoms with van der Waals surface area (Å²) in [6.45, 7) is 1.90. The minimum absolute atomic E-state index is 0.145. The van der Waals surface area contributed by atoms with Gasteiger partial charge in [-0.05, 0) is 29.9 Å². The third-order valence-corrected chi connectivity index (χ3v) is 4.20. The lowest BCUT2D eigenvalue weighted by molar-refractivity contribution is -0.143. The van der Waals surface area contributed by atoms with Crippen molar-refractivity contribution in [2.75, 3.05) is 13.1 Å². The van der Waals surface area contributed by atoms with Gasteiger partial charge in [-0.25, -0.2) is 0 Å². The number of carboxylic acids is 1. The van der Waals surface area contributed by atoms with Gasteiger partial charge in [0.25, 0.3) is 0 Å². The minimum Gasteiger partial charge on any atom is -0.481 e. The molecule has 2 aliphatic rings. The molecule has 0 aromatic heterocycles. The van der Waals surface area contributed by atoms with Crippen LogP contribution in [0.4, 0.5) is 0 Å². The van der Waals surface area contributed by atoms with E-state index in [1.165, 1.54) is 18.4 Å². The van der Waals surface area contributed by atoms with Crippen molar-refractivity contribution in [1.29, 1.82) is 0 Å². The summed E-state index contributed by atoms with van der Waals surface area (Å²) in [5.74, 6) is -0.416. The fraction of sp³-hybridized carbons (Fsp3) is 0.500. The number of aliphatic carboxylic acids is 1. The molecule has 3 rings (SSSR count). The van der Waals surface area contributed by atoms with Gasteiger partial charge in [-0.1, -0.05) is 24.3 Å². The Morgan fingerprint density at radius 3 is 2.90 bits per heavy atom. The van der Waals surface area contributed by atoms with E-state index in [9.17, 15) is 9.59 Å². The maximum Gasteiger partial charge on any atom is 0.305 e. The molecule has 21 heavy (non-hydrogen) atoms. The lowest BCUT2D eigenvalue weighted by Crippen LogP contribution is -2.55. The lowest BCUT2D eigenvalue weighted by Gasteiger charge is -2.34. The largest absolute Gasteiger partial charge is 0.481 e. The quantitative estimate of drug-likeness (QED) is 0.858. The second-order valence-electron chi connectivity index (χ2n) is 5.89. The first kappa shape index (κ1) is 14.1. The van der Waals surface area contributed by atoms with Crippen LogP contribution in [-0.4, -0.2) is 41.0 Å². The molecule has 1 saturated heterocycles. The molecule has 1 amide bonds. The first-order valence-corrected chi connectivity index (χ1v) is 7.46. The molecule has 1 heterocycles. The third-order valence-electron chi connectivity index (χ3n) is 4.20. The monoisotopic (exact) mass is 288 g/mol. The summed E-state index contributed by atoms with van der Waals surface area (Å²) in [5.41, 5.74) is 2.52. The molecule has 1 unspecified atom stereocenters. The summed E-state index contributed by atoms with van der Waals surface area (Å²) in [5, 5.41) is 11.7. The van der Waals surface area contributed by atoms with E-state index in [1.807, 2.05) is 4.90 Å². The Bertz CT molecular complexity index is 554. The molecular formula is C16H20N2O3. The number of carbonyl (C=O) groups is 2. The van der Waals surface area contributed by atoms with Crippen molar-refractivity contribution in [2.45, 2.75) is 37.8 Å². The number of nitrogens with one attached hydrogen (secondary N) is 1. The Labute approximate surface area is 123 Å². The number of carboxylic acid groups (broad SMARTS) is 1. The van der Waals surface area contributed by atoms with Crippen molar-refractivity contribution in [2.24, 2.45) is 0 Å². The summed E-state index contributed by atoms with van der Waals surface area (Å²) >= 11 is 0. The number of carbonyl (C=O) groups excluding carboxylic acids is 1. The fourth-order valence-electron chi connectivity index (χ4n) is 2.94. The van der Waals surface area contributed by atoms with E-state index >= 15 is 0 Å². The molecule has 5 heteroatoms. The fourth-order valence-corrected chi connectivity index (χ4v) is 2.94. The molecule has 1 aromatic carbocycles. The first-order valence-electron chi connectivity index (χ1n) is 7.46. The van der Waals surface area contributed by atoms with Crippen LogP contribution in [0.3, 0.4) is 0 Å². The van der Waals surface area contributed by atoms with Crippen molar-refractivity contribution in [3.63, 3.8) is 0 Å². The number of nitrogens with zero attached hydrogens (tertiary/aromatic N) is 1. The molecule has 0 bridgehead atoms. The van der Waals surface area contributed by atoms with Gasteiger partial charge in [0.2, 0.25) is 5.91 Å². The van der Waals surface area contributed by atoms with Crippen LogP contribution >= 0.6 is 0 Å². The van der Waals surface area contributed by atoms with Crippen LogP contribution in [0, 0.1) is 0 Å². The third kappa shape index (κ3) is 3.42. The van der Waals surface area contributed by atoms with Crippen LogP contribution in [0.5, 0.6) is 0 Å².